The zero-order valence-corrected chi connectivity index (χ0v) is 16.0. The van der Waals surface area contributed by atoms with Gasteiger partial charge in [0, 0.05) is 0 Å². The van der Waals surface area contributed by atoms with Gasteiger partial charge in [0.15, 0.2) is 0 Å². The molecule has 0 aromatic heterocycles. The second-order valence-corrected chi connectivity index (χ2v) is 5.53. The van der Waals surface area contributed by atoms with Gasteiger partial charge >= 0.3 is 24.4 Å². The molecule has 0 fully saturated rings. The van der Waals surface area contributed by atoms with E-state index in [1.54, 1.807) is 0 Å². The van der Waals surface area contributed by atoms with Crippen LogP contribution in [-0.4, -0.2) is 0 Å². The summed E-state index contributed by atoms with van der Waals surface area (Å²) in [6.07, 6.45) is 0. The average molecular weight is 461 g/mol. The van der Waals surface area contributed by atoms with Crippen LogP contribution in [0.2, 0.25) is 0 Å². The van der Waals surface area contributed by atoms with E-state index in [0.717, 1.165) is 0 Å². The average Bonchev–Trinajstić information content (AvgIpc) is 2.26. The van der Waals surface area contributed by atoms with Crippen molar-refractivity contribution < 1.29 is 24.4 Å². The van der Waals surface area contributed by atoms with Gasteiger partial charge in [0.25, 0.3) is 0 Å². The number of benzene rings is 2. The Morgan fingerprint density at radius 2 is 0.810 bits per heavy atom. The molecule has 0 unspecified atom stereocenters. The van der Waals surface area contributed by atoms with Gasteiger partial charge in [-0.2, -0.15) is 69.8 Å². The molecule has 2 nitrogen and oxygen atoms in total. The summed E-state index contributed by atoms with van der Waals surface area (Å²) in [4.78, 5) is 0. The molecule has 0 bridgehead atoms. The van der Waals surface area contributed by atoms with Crippen LogP contribution < -0.4 is 0 Å². The number of aryl methyl sites for hydroxylation is 6. The zero-order chi connectivity index (χ0) is 16.4. The summed E-state index contributed by atoms with van der Waals surface area (Å²) in [7, 11) is 0. The first-order chi connectivity index (χ1) is 9.78. The molecule has 0 atom stereocenters. The fraction of sp³-hybridized carbons (Fsp3) is 0.333. The van der Waals surface area contributed by atoms with Crippen LogP contribution in [0.1, 0.15) is 33.4 Å². The normalized spacial score (nSPS) is 8.86. The van der Waals surface area contributed by atoms with Gasteiger partial charge in [0.2, 0.25) is 0 Å². The molecule has 3 heteroatoms. The van der Waals surface area contributed by atoms with Gasteiger partial charge in [-0.3, -0.25) is 0 Å². The van der Waals surface area contributed by atoms with Crippen molar-refractivity contribution >= 4 is 0 Å². The number of hydrogen-bond acceptors (Lipinski definition) is 2. The maximum atomic E-state index is 8.51. The molecule has 0 saturated heterocycles. The molecule has 0 aliphatic heterocycles. The number of rotatable bonds is 0. The van der Waals surface area contributed by atoms with Crippen LogP contribution in [0.25, 0.3) is 0 Å². The van der Waals surface area contributed by atoms with Gasteiger partial charge < -0.3 is 0 Å². The van der Waals surface area contributed by atoms with Crippen LogP contribution in [0.4, 0.5) is 0 Å². The summed E-state index contributed by atoms with van der Waals surface area (Å²) in [6, 6.07) is 14.9. The topological polar surface area (TPSA) is 34.1 Å². The van der Waals surface area contributed by atoms with Crippen molar-refractivity contribution in [2.75, 3.05) is 0 Å². The first-order valence-corrected chi connectivity index (χ1v) is 8.67. The Balaban J connectivity index is 0.000000322. The van der Waals surface area contributed by atoms with Crippen LogP contribution >= 0.6 is 0 Å². The van der Waals surface area contributed by atoms with E-state index in [0.29, 0.717) is 0 Å². The van der Waals surface area contributed by atoms with Gasteiger partial charge in [-0.1, -0.05) is 41.5 Å². The molecule has 0 heterocycles. The van der Waals surface area contributed by atoms with E-state index in [1.807, 2.05) is 0 Å². The molecule has 2 rings (SSSR count). The fourth-order valence-electron chi connectivity index (χ4n) is 2.22. The Kier molecular flexibility index (Phi) is 9.75. The Labute approximate surface area is 135 Å². The van der Waals surface area contributed by atoms with Crippen LogP contribution in [-0.2, 0) is 24.4 Å². The third-order valence-electron chi connectivity index (χ3n) is 2.57. The maximum absolute atomic E-state index is 8.51. The predicted molar refractivity (Wildman–Crippen MR) is 80.4 cm³/mol. The van der Waals surface area contributed by atoms with Crippen LogP contribution in [0.3, 0.4) is 0 Å². The molecule has 0 spiro atoms. The Bertz CT molecular complexity index is 462. The first-order valence-electron chi connectivity index (χ1n) is 6.60. The van der Waals surface area contributed by atoms with E-state index >= 15 is 0 Å². The quantitative estimate of drug-likeness (QED) is 0.539. The molecule has 21 heavy (non-hydrogen) atoms. The fourth-order valence-corrected chi connectivity index (χ4v) is 2.22. The second-order valence-electron chi connectivity index (χ2n) is 5.11. The van der Waals surface area contributed by atoms with Gasteiger partial charge in [0.05, 0.1) is 0 Å². The summed E-state index contributed by atoms with van der Waals surface area (Å²) in [5.41, 5.74) is 7.56. The standard InChI is InChI=1S/2C9H11.2O.Os/c2*1-7-4-8(2)6-9(3)5-7;;;/h2*4-5H,1-3H3;;;/q2*-1;;;+2. The van der Waals surface area contributed by atoms with E-state index in [4.69, 9.17) is 7.08 Å². The van der Waals surface area contributed by atoms with Gasteiger partial charge in [-0.25, -0.2) is 0 Å². The van der Waals surface area contributed by atoms with E-state index in [9.17, 15) is 0 Å². The molecule has 0 saturated carbocycles. The summed E-state index contributed by atoms with van der Waals surface area (Å²) < 4.78 is 17.0. The van der Waals surface area contributed by atoms with Crippen molar-refractivity contribution in [1.29, 1.82) is 0 Å². The molecule has 0 amide bonds. The summed E-state index contributed by atoms with van der Waals surface area (Å²) in [6.45, 7) is 12.5. The molecule has 0 radical (unpaired) electrons. The van der Waals surface area contributed by atoms with Crippen molar-refractivity contribution in [2.45, 2.75) is 41.5 Å². The second kappa shape index (κ2) is 10.4. The molecule has 0 N–H and O–H groups in total. The van der Waals surface area contributed by atoms with Crippen molar-refractivity contribution in [1.82, 2.24) is 0 Å². The summed E-state index contributed by atoms with van der Waals surface area (Å²) in [5.74, 6) is 0. The van der Waals surface area contributed by atoms with Crippen LogP contribution in [0.15, 0.2) is 24.3 Å². The molecular weight excluding hydrogens is 438 g/mol. The molecule has 0 aliphatic carbocycles. The van der Waals surface area contributed by atoms with Crippen molar-refractivity contribution in [3.8, 4) is 0 Å². The number of hydrogen-bond donors (Lipinski definition) is 0. The molecule has 2 aromatic rings. The Hall–Kier alpha value is -1.32. The SMILES string of the molecule is Cc1[c-]c(C)cc(C)c1.Cc1[c-]c(C)cc(C)c1.[O]=[Os+2]=[O]. The minimum absolute atomic E-state index is 1.23. The van der Waals surface area contributed by atoms with Gasteiger partial charge in [-0.05, 0) is 0 Å². The monoisotopic (exact) mass is 462 g/mol. The molecule has 0 aliphatic rings. The van der Waals surface area contributed by atoms with E-state index < -0.39 is 17.3 Å². The van der Waals surface area contributed by atoms with Crippen molar-refractivity contribution in [3.05, 3.63) is 69.8 Å². The van der Waals surface area contributed by atoms with Gasteiger partial charge in [0.1, 0.15) is 0 Å². The van der Waals surface area contributed by atoms with Crippen LogP contribution in [0.5, 0.6) is 0 Å². The Morgan fingerprint density at radius 3 is 0.952 bits per heavy atom. The van der Waals surface area contributed by atoms with Crippen molar-refractivity contribution in [2.24, 2.45) is 0 Å². The van der Waals surface area contributed by atoms with Gasteiger partial charge in [-0.15, -0.1) is 0 Å². The molecular formula is C18H22O2Os. The minimum atomic E-state index is -2.08. The zero-order valence-electron chi connectivity index (χ0n) is 13.5. The van der Waals surface area contributed by atoms with E-state index in [2.05, 4.69) is 77.9 Å². The third kappa shape index (κ3) is 10.1. The Morgan fingerprint density at radius 1 is 0.619 bits per heavy atom. The van der Waals surface area contributed by atoms with E-state index in [-0.39, 0.29) is 0 Å². The summed E-state index contributed by atoms with van der Waals surface area (Å²) in [5, 5.41) is 0. The predicted octanol–water partition coefficient (Wildman–Crippen LogP) is 4.58. The van der Waals surface area contributed by atoms with E-state index in [1.165, 1.54) is 33.4 Å². The molecule has 2 aromatic carbocycles. The summed E-state index contributed by atoms with van der Waals surface area (Å²) >= 11 is -2.08. The van der Waals surface area contributed by atoms with Crippen LogP contribution in [0, 0.1) is 53.7 Å². The molecule has 114 valence electrons. The first kappa shape index (κ1) is 19.7. The van der Waals surface area contributed by atoms with Crippen molar-refractivity contribution in [3.63, 3.8) is 0 Å². The third-order valence-corrected chi connectivity index (χ3v) is 2.57.